The summed E-state index contributed by atoms with van der Waals surface area (Å²) in [5, 5.41) is 24.1. The molecule has 0 fully saturated rings. The number of alkyl carbamates (subject to hydrolysis) is 1. The van der Waals surface area contributed by atoms with E-state index < -0.39 is 30.1 Å². The SMILES string of the molecule is CC(C)C[C@H](NC(=O)CC(O)CNC(=O)OCC1c2ccccc2-c2ccccc21)C(=O)O. The minimum Gasteiger partial charge on any atom is -0.480 e. The van der Waals surface area contributed by atoms with E-state index in [4.69, 9.17) is 4.74 Å². The lowest BCUT2D eigenvalue weighted by Crippen LogP contribution is -2.44. The van der Waals surface area contributed by atoms with Crippen LogP contribution in [0.5, 0.6) is 0 Å². The van der Waals surface area contributed by atoms with Gasteiger partial charge in [0.25, 0.3) is 0 Å². The molecule has 1 unspecified atom stereocenters. The largest absolute Gasteiger partial charge is 0.480 e. The first-order valence-corrected chi connectivity index (χ1v) is 11.0. The molecule has 2 atom stereocenters. The molecule has 33 heavy (non-hydrogen) atoms. The molecule has 8 heteroatoms. The summed E-state index contributed by atoms with van der Waals surface area (Å²) in [5.41, 5.74) is 4.44. The fourth-order valence-electron chi connectivity index (χ4n) is 4.08. The monoisotopic (exact) mass is 454 g/mol. The number of nitrogens with one attached hydrogen (secondary N) is 2. The summed E-state index contributed by atoms with van der Waals surface area (Å²) in [5.74, 6) is -1.70. The van der Waals surface area contributed by atoms with Crippen molar-refractivity contribution in [1.82, 2.24) is 10.6 Å². The quantitative estimate of drug-likeness (QED) is 0.438. The van der Waals surface area contributed by atoms with Crippen molar-refractivity contribution in [3.8, 4) is 11.1 Å². The number of aliphatic carboxylic acids is 1. The van der Waals surface area contributed by atoms with E-state index in [1.807, 2.05) is 62.4 Å². The summed E-state index contributed by atoms with van der Waals surface area (Å²) in [6, 6.07) is 15.0. The van der Waals surface area contributed by atoms with Gasteiger partial charge >= 0.3 is 12.1 Å². The Morgan fingerprint density at radius 2 is 1.58 bits per heavy atom. The maximum absolute atomic E-state index is 12.2. The Bertz CT molecular complexity index is 960. The summed E-state index contributed by atoms with van der Waals surface area (Å²) in [4.78, 5) is 35.5. The Hall–Kier alpha value is -3.39. The molecule has 3 rings (SSSR count). The maximum Gasteiger partial charge on any atom is 0.407 e. The zero-order valence-corrected chi connectivity index (χ0v) is 18.8. The molecule has 1 aliphatic rings. The second-order valence-corrected chi connectivity index (χ2v) is 8.65. The van der Waals surface area contributed by atoms with Gasteiger partial charge in [0.1, 0.15) is 12.6 Å². The van der Waals surface area contributed by atoms with Crippen molar-refractivity contribution in [3.63, 3.8) is 0 Å². The minimum atomic E-state index is -1.17. The minimum absolute atomic E-state index is 0.0761. The molecule has 4 N–H and O–H groups in total. The third-order valence-electron chi connectivity index (χ3n) is 5.59. The number of benzene rings is 2. The molecule has 0 aromatic heterocycles. The van der Waals surface area contributed by atoms with Gasteiger partial charge < -0.3 is 25.6 Å². The van der Waals surface area contributed by atoms with Gasteiger partial charge in [-0.25, -0.2) is 9.59 Å². The predicted octanol–water partition coefficient (Wildman–Crippen LogP) is 2.89. The van der Waals surface area contributed by atoms with E-state index in [1.165, 1.54) is 0 Å². The molecule has 2 aromatic carbocycles. The van der Waals surface area contributed by atoms with E-state index in [2.05, 4.69) is 10.6 Å². The summed E-state index contributed by atoms with van der Waals surface area (Å²) in [6.45, 7) is 3.67. The van der Waals surface area contributed by atoms with Crippen LogP contribution in [0.2, 0.25) is 0 Å². The molecule has 0 radical (unpaired) electrons. The van der Waals surface area contributed by atoms with Crippen molar-refractivity contribution >= 4 is 18.0 Å². The molecule has 0 aliphatic heterocycles. The normalized spacial score (nSPS) is 14.2. The topological polar surface area (TPSA) is 125 Å². The van der Waals surface area contributed by atoms with Crippen LogP contribution in [-0.2, 0) is 14.3 Å². The smallest absolute Gasteiger partial charge is 0.407 e. The molecule has 8 nitrogen and oxygen atoms in total. The lowest BCUT2D eigenvalue weighted by Gasteiger charge is -2.18. The van der Waals surface area contributed by atoms with Crippen LogP contribution in [0.4, 0.5) is 4.79 Å². The fraction of sp³-hybridized carbons (Fsp3) is 0.400. The molecule has 0 saturated heterocycles. The molecule has 0 bridgehead atoms. The molecule has 0 heterocycles. The van der Waals surface area contributed by atoms with Crippen LogP contribution in [0, 0.1) is 5.92 Å². The van der Waals surface area contributed by atoms with Crippen LogP contribution in [0.15, 0.2) is 48.5 Å². The third kappa shape index (κ3) is 6.32. The first kappa shape index (κ1) is 24.3. The van der Waals surface area contributed by atoms with E-state index in [0.29, 0.717) is 0 Å². The number of rotatable bonds is 10. The summed E-state index contributed by atoms with van der Waals surface area (Å²) >= 11 is 0. The summed E-state index contributed by atoms with van der Waals surface area (Å²) in [6.07, 6.45) is -1.90. The second kappa shape index (κ2) is 11.0. The zero-order chi connectivity index (χ0) is 24.0. The number of hydrogen-bond acceptors (Lipinski definition) is 5. The van der Waals surface area contributed by atoms with Crippen molar-refractivity contribution in [3.05, 3.63) is 59.7 Å². The Balaban J connectivity index is 1.46. The van der Waals surface area contributed by atoms with Crippen molar-refractivity contribution < 1.29 is 29.3 Å². The zero-order valence-electron chi connectivity index (χ0n) is 18.8. The van der Waals surface area contributed by atoms with E-state index in [1.54, 1.807) is 0 Å². The van der Waals surface area contributed by atoms with Gasteiger partial charge in [0.15, 0.2) is 0 Å². The Morgan fingerprint density at radius 3 is 2.12 bits per heavy atom. The molecular weight excluding hydrogens is 424 g/mol. The highest BCUT2D eigenvalue weighted by molar-refractivity contribution is 5.84. The van der Waals surface area contributed by atoms with Crippen LogP contribution >= 0.6 is 0 Å². The van der Waals surface area contributed by atoms with Gasteiger partial charge in [0.05, 0.1) is 12.5 Å². The standard InChI is InChI=1S/C25H30N2O6/c1-15(2)11-22(24(30)31)27-23(29)12-16(28)13-26-25(32)33-14-21-19-9-5-3-7-17(19)18-8-4-6-10-20(18)21/h3-10,15-16,21-22,28H,11-14H2,1-2H3,(H,26,32)(H,27,29)(H,30,31)/t16?,22-/m0/s1. The lowest BCUT2D eigenvalue weighted by atomic mass is 9.98. The van der Waals surface area contributed by atoms with Crippen LogP contribution < -0.4 is 10.6 Å². The van der Waals surface area contributed by atoms with Crippen LogP contribution in [0.1, 0.15) is 43.7 Å². The molecule has 2 aromatic rings. The van der Waals surface area contributed by atoms with Crippen molar-refractivity contribution in [2.75, 3.05) is 13.2 Å². The molecule has 2 amide bonds. The van der Waals surface area contributed by atoms with Gasteiger partial charge in [0, 0.05) is 12.5 Å². The molecular formula is C25H30N2O6. The lowest BCUT2D eigenvalue weighted by molar-refractivity contribution is -0.142. The fourth-order valence-corrected chi connectivity index (χ4v) is 4.08. The number of fused-ring (bicyclic) bond motifs is 3. The number of hydrogen-bond donors (Lipinski definition) is 4. The number of ether oxygens (including phenoxy) is 1. The van der Waals surface area contributed by atoms with Gasteiger partial charge in [0.2, 0.25) is 5.91 Å². The van der Waals surface area contributed by atoms with Crippen LogP contribution in [-0.4, -0.2) is 53.5 Å². The Morgan fingerprint density at radius 1 is 1.00 bits per heavy atom. The van der Waals surface area contributed by atoms with Gasteiger partial charge in [-0.05, 0) is 34.6 Å². The number of carboxylic acids is 1. The van der Waals surface area contributed by atoms with E-state index >= 15 is 0 Å². The van der Waals surface area contributed by atoms with E-state index in [0.717, 1.165) is 22.3 Å². The molecule has 1 aliphatic carbocycles. The van der Waals surface area contributed by atoms with Crippen LogP contribution in [0.3, 0.4) is 0 Å². The highest BCUT2D eigenvalue weighted by Crippen LogP contribution is 2.44. The van der Waals surface area contributed by atoms with E-state index in [-0.39, 0.29) is 37.8 Å². The highest BCUT2D eigenvalue weighted by Gasteiger charge is 2.29. The maximum atomic E-state index is 12.2. The van der Waals surface area contributed by atoms with Gasteiger partial charge in [-0.1, -0.05) is 62.4 Å². The van der Waals surface area contributed by atoms with Crippen molar-refractivity contribution in [1.29, 1.82) is 0 Å². The Labute approximate surface area is 193 Å². The molecule has 0 spiro atoms. The molecule has 176 valence electrons. The van der Waals surface area contributed by atoms with Gasteiger partial charge in [-0.15, -0.1) is 0 Å². The first-order valence-electron chi connectivity index (χ1n) is 11.0. The number of aliphatic hydroxyl groups excluding tert-OH is 1. The van der Waals surface area contributed by atoms with E-state index in [9.17, 15) is 24.6 Å². The predicted molar refractivity (Wildman–Crippen MR) is 123 cm³/mol. The first-order chi connectivity index (χ1) is 15.8. The summed E-state index contributed by atoms with van der Waals surface area (Å²) < 4.78 is 5.40. The second-order valence-electron chi connectivity index (χ2n) is 8.65. The third-order valence-corrected chi connectivity index (χ3v) is 5.59. The number of carboxylic acid groups (broad SMARTS) is 1. The van der Waals surface area contributed by atoms with Gasteiger partial charge in [-0.3, -0.25) is 4.79 Å². The van der Waals surface area contributed by atoms with Gasteiger partial charge in [-0.2, -0.15) is 0 Å². The number of carbonyl (C=O) groups is 3. The molecule has 0 saturated carbocycles. The number of carbonyl (C=O) groups excluding carboxylic acids is 2. The van der Waals surface area contributed by atoms with Crippen LogP contribution in [0.25, 0.3) is 11.1 Å². The van der Waals surface area contributed by atoms with Crippen molar-refractivity contribution in [2.45, 2.75) is 44.8 Å². The summed E-state index contributed by atoms with van der Waals surface area (Å²) in [7, 11) is 0. The highest BCUT2D eigenvalue weighted by atomic mass is 16.5. The average molecular weight is 455 g/mol. The average Bonchev–Trinajstić information content (AvgIpc) is 3.09. The van der Waals surface area contributed by atoms with Crippen molar-refractivity contribution in [2.24, 2.45) is 5.92 Å². The number of aliphatic hydroxyl groups is 1. The Kier molecular flexibility index (Phi) is 8.06. The number of amides is 2.